The van der Waals surface area contributed by atoms with E-state index >= 15 is 0 Å². The molecule has 0 unspecified atom stereocenters. The predicted molar refractivity (Wildman–Crippen MR) is 58.8 cm³/mol. The van der Waals surface area contributed by atoms with Gasteiger partial charge in [0.05, 0.1) is 5.56 Å². The number of rotatable bonds is 2. The Morgan fingerprint density at radius 3 is 2.94 bits per heavy atom. The van der Waals surface area contributed by atoms with Crippen LogP contribution in [0.5, 0.6) is 0 Å². The normalized spacial score (nSPS) is 18.7. The highest BCUT2D eigenvalue weighted by atomic mass is 16.5. The molecule has 0 aliphatic carbocycles. The molecule has 0 spiro atoms. The molecule has 2 amide bonds. The van der Waals surface area contributed by atoms with Crippen LogP contribution in [0.3, 0.4) is 0 Å². The molecule has 1 fully saturated rings. The highest BCUT2D eigenvalue weighted by Gasteiger charge is 2.23. The number of hydrogen-bond acceptors (Lipinski definition) is 4. The van der Waals surface area contributed by atoms with Gasteiger partial charge in [-0.3, -0.25) is 25.4 Å². The lowest BCUT2D eigenvalue weighted by molar-refractivity contribution is -0.130. The fourth-order valence-electron chi connectivity index (χ4n) is 1.55. The fraction of sp³-hybridized carbons (Fsp3) is 0.364. The van der Waals surface area contributed by atoms with Crippen molar-refractivity contribution < 1.29 is 14.3 Å². The van der Waals surface area contributed by atoms with Gasteiger partial charge in [0.2, 0.25) is 0 Å². The third kappa shape index (κ3) is 3.01. The first kappa shape index (κ1) is 11.5. The maximum Gasteiger partial charge on any atom is 0.271 e. The number of carbonyl (C=O) groups excluding carboxylic acids is 2. The zero-order chi connectivity index (χ0) is 12.1. The van der Waals surface area contributed by atoms with E-state index in [1.54, 1.807) is 18.3 Å². The topological polar surface area (TPSA) is 80.3 Å². The number of hydrogen-bond donors (Lipinski definition) is 2. The van der Waals surface area contributed by atoms with Gasteiger partial charge in [0.15, 0.2) is 0 Å². The number of nitrogens with zero attached hydrogens (tertiary/aromatic N) is 1. The van der Waals surface area contributed by atoms with E-state index in [1.165, 1.54) is 6.20 Å². The van der Waals surface area contributed by atoms with Gasteiger partial charge in [-0.1, -0.05) is 0 Å². The molecular weight excluding hydrogens is 222 g/mol. The summed E-state index contributed by atoms with van der Waals surface area (Å²) in [5, 5.41) is 0. The average molecular weight is 235 g/mol. The number of ether oxygens (including phenoxy) is 1. The van der Waals surface area contributed by atoms with Crippen LogP contribution in [0.15, 0.2) is 24.5 Å². The lowest BCUT2D eigenvalue weighted by atomic mass is 10.2. The maximum atomic E-state index is 11.6. The molecule has 90 valence electrons. The number of hydrazine groups is 1. The van der Waals surface area contributed by atoms with Gasteiger partial charge in [-0.25, -0.2) is 0 Å². The Morgan fingerprint density at radius 2 is 2.29 bits per heavy atom. The summed E-state index contributed by atoms with van der Waals surface area (Å²) in [6.45, 7) is 0.592. The highest BCUT2D eigenvalue weighted by molar-refractivity contribution is 5.95. The van der Waals surface area contributed by atoms with Crippen molar-refractivity contribution in [1.82, 2.24) is 15.8 Å². The summed E-state index contributed by atoms with van der Waals surface area (Å²) in [5.41, 5.74) is 5.04. The molecule has 2 rings (SSSR count). The van der Waals surface area contributed by atoms with Crippen LogP contribution >= 0.6 is 0 Å². The molecular formula is C11H13N3O3. The third-order valence-corrected chi connectivity index (χ3v) is 2.45. The van der Waals surface area contributed by atoms with E-state index in [4.69, 9.17) is 4.74 Å². The number of amides is 2. The number of nitrogens with one attached hydrogen (secondary N) is 2. The monoisotopic (exact) mass is 235 g/mol. The molecule has 1 aromatic heterocycles. The van der Waals surface area contributed by atoms with Crippen LogP contribution in [0.4, 0.5) is 0 Å². The van der Waals surface area contributed by atoms with Crippen LogP contribution in [-0.4, -0.2) is 29.5 Å². The minimum absolute atomic E-state index is 0.320. The summed E-state index contributed by atoms with van der Waals surface area (Å²) in [6.07, 6.45) is 4.10. The van der Waals surface area contributed by atoms with Gasteiger partial charge in [0.1, 0.15) is 6.10 Å². The molecule has 1 saturated heterocycles. The lowest BCUT2D eigenvalue weighted by Gasteiger charge is -2.11. The van der Waals surface area contributed by atoms with Crippen molar-refractivity contribution in [2.75, 3.05) is 6.61 Å². The average Bonchev–Trinajstić information content (AvgIpc) is 2.90. The number of carbonyl (C=O) groups is 2. The maximum absolute atomic E-state index is 11.6. The largest absolute Gasteiger partial charge is 0.368 e. The van der Waals surface area contributed by atoms with E-state index in [0.717, 1.165) is 6.42 Å². The zero-order valence-electron chi connectivity index (χ0n) is 9.18. The Bertz CT molecular complexity index is 402. The Balaban J connectivity index is 1.82. The van der Waals surface area contributed by atoms with E-state index < -0.39 is 12.0 Å². The van der Waals surface area contributed by atoms with Crippen LogP contribution in [-0.2, 0) is 9.53 Å². The molecule has 6 nitrogen and oxygen atoms in total. The van der Waals surface area contributed by atoms with Gasteiger partial charge in [-0.2, -0.15) is 0 Å². The second kappa shape index (κ2) is 5.40. The molecule has 6 heteroatoms. The molecule has 1 atom stereocenters. The van der Waals surface area contributed by atoms with Crippen LogP contribution in [0.1, 0.15) is 23.2 Å². The number of aromatic nitrogens is 1. The smallest absolute Gasteiger partial charge is 0.271 e. The van der Waals surface area contributed by atoms with Crippen molar-refractivity contribution in [1.29, 1.82) is 0 Å². The fourth-order valence-corrected chi connectivity index (χ4v) is 1.55. The first-order valence-electron chi connectivity index (χ1n) is 5.39. The van der Waals surface area contributed by atoms with E-state index in [0.29, 0.717) is 18.6 Å². The van der Waals surface area contributed by atoms with Gasteiger partial charge in [-0.05, 0) is 25.0 Å². The lowest BCUT2D eigenvalue weighted by Crippen LogP contribution is -2.46. The van der Waals surface area contributed by atoms with E-state index in [1.807, 2.05) is 0 Å². The van der Waals surface area contributed by atoms with E-state index in [-0.39, 0.29) is 5.91 Å². The summed E-state index contributed by atoms with van der Waals surface area (Å²) in [4.78, 5) is 26.9. The zero-order valence-corrected chi connectivity index (χ0v) is 9.18. The van der Waals surface area contributed by atoms with Crippen molar-refractivity contribution in [3.05, 3.63) is 30.1 Å². The molecule has 1 aliphatic rings. The van der Waals surface area contributed by atoms with Crippen molar-refractivity contribution in [3.63, 3.8) is 0 Å². The molecule has 2 heterocycles. The predicted octanol–water partition coefficient (Wildman–Crippen LogP) is 0.0216. The molecule has 0 saturated carbocycles. The molecule has 0 radical (unpaired) electrons. The van der Waals surface area contributed by atoms with Crippen LogP contribution in [0.2, 0.25) is 0 Å². The van der Waals surface area contributed by atoms with Gasteiger partial charge in [0, 0.05) is 19.0 Å². The summed E-state index contributed by atoms with van der Waals surface area (Å²) < 4.78 is 5.18. The number of pyridine rings is 1. The Labute approximate surface area is 98.3 Å². The summed E-state index contributed by atoms with van der Waals surface area (Å²) in [7, 11) is 0. The molecule has 17 heavy (non-hydrogen) atoms. The van der Waals surface area contributed by atoms with Crippen LogP contribution in [0.25, 0.3) is 0 Å². The van der Waals surface area contributed by atoms with E-state index in [2.05, 4.69) is 15.8 Å². The second-order valence-corrected chi connectivity index (χ2v) is 3.69. The summed E-state index contributed by atoms with van der Waals surface area (Å²) in [5.74, 6) is -0.718. The van der Waals surface area contributed by atoms with Crippen molar-refractivity contribution in [3.8, 4) is 0 Å². The summed E-state index contributed by atoms with van der Waals surface area (Å²) in [6, 6.07) is 3.26. The van der Waals surface area contributed by atoms with Crippen molar-refractivity contribution in [2.24, 2.45) is 0 Å². The molecule has 0 bridgehead atoms. The molecule has 1 aliphatic heterocycles. The van der Waals surface area contributed by atoms with E-state index in [9.17, 15) is 9.59 Å². The Hall–Kier alpha value is -1.95. The standard InChI is InChI=1S/C11H13N3O3/c15-10(8-3-1-5-12-7-8)13-14-11(16)9-4-2-6-17-9/h1,3,5,7,9H,2,4,6H2,(H,13,15)(H,14,16)/t9-/m0/s1. The molecule has 0 aromatic carbocycles. The summed E-state index contributed by atoms with van der Waals surface area (Å²) >= 11 is 0. The van der Waals surface area contributed by atoms with Crippen LogP contribution in [0, 0.1) is 0 Å². The Morgan fingerprint density at radius 1 is 1.41 bits per heavy atom. The van der Waals surface area contributed by atoms with Gasteiger partial charge in [-0.15, -0.1) is 0 Å². The van der Waals surface area contributed by atoms with Gasteiger partial charge < -0.3 is 4.74 Å². The minimum atomic E-state index is -0.454. The van der Waals surface area contributed by atoms with Crippen LogP contribution < -0.4 is 10.9 Å². The van der Waals surface area contributed by atoms with Gasteiger partial charge >= 0.3 is 0 Å². The molecule has 1 aromatic rings. The molecule has 2 N–H and O–H groups in total. The van der Waals surface area contributed by atoms with Gasteiger partial charge in [0.25, 0.3) is 11.8 Å². The highest BCUT2D eigenvalue weighted by Crippen LogP contribution is 2.11. The first-order chi connectivity index (χ1) is 8.27. The second-order valence-electron chi connectivity index (χ2n) is 3.69. The third-order valence-electron chi connectivity index (χ3n) is 2.45. The SMILES string of the molecule is O=C(NNC(=O)[C@@H]1CCCO1)c1cccnc1. The first-order valence-corrected chi connectivity index (χ1v) is 5.39. The Kier molecular flexibility index (Phi) is 3.66. The van der Waals surface area contributed by atoms with Crippen molar-refractivity contribution >= 4 is 11.8 Å². The van der Waals surface area contributed by atoms with Crippen molar-refractivity contribution in [2.45, 2.75) is 18.9 Å². The minimum Gasteiger partial charge on any atom is -0.368 e. The quantitative estimate of drug-likeness (QED) is 0.708.